The molecule has 0 amide bonds. The summed E-state index contributed by atoms with van der Waals surface area (Å²) < 4.78 is 11.6. The van der Waals surface area contributed by atoms with Crippen molar-refractivity contribution in [3.05, 3.63) is 21.7 Å². The Morgan fingerprint density at radius 2 is 2.06 bits per heavy atom. The zero-order chi connectivity index (χ0) is 12.1. The van der Waals surface area contributed by atoms with Crippen LogP contribution in [0.5, 0.6) is 11.5 Å². The van der Waals surface area contributed by atoms with Crippen molar-refractivity contribution in [2.45, 2.75) is 19.8 Å². The largest absolute Gasteiger partial charge is 0.493 e. The van der Waals surface area contributed by atoms with Gasteiger partial charge in [-0.3, -0.25) is 0 Å². The van der Waals surface area contributed by atoms with Crippen LogP contribution in [-0.2, 0) is 11.2 Å². The third kappa shape index (κ3) is 2.55. The SMILES string of the molecule is COc1cc(C)c(Br)c(CCC=O)c1OC. The minimum atomic E-state index is 0.474. The maximum absolute atomic E-state index is 10.4. The van der Waals surface area contributed by atoms with Crippen LogP contribution < -0.4 is 9.47 Å². The average Bonchev–Trinajstić information content (AvgIpc) is 2.30. The molecule has 0 saturated heterocycles. The van der Waals surface area contributed by atoms with Gasteiger partial charge in [0.15, 0.2) is 11.5 Å². The lowest BCUT2D eigenvalue weighted by Gasteiger charge is -2.15. The summed E-state index contributed by atoms with van der Waals surface area (Å²) in [6.07, 6.45) is 2.02. The number of halogens is 1. The van der Waals surface area contributed by atoms with Gasteiger partial charge in [0, 0.05) is 16.5 Å². The fourth-order valence-corrected chi connectivity index (χ4v) is 2.11. The van der Waals surface area contributed by atoms with E-state index in [2.05, 4.69) is 15.9 Å². The number of ether oxygens (including phenoxy) is 2. The van der Waals surface area contributed by atoms with Gasteiger partial charge in [0.1, 0.15) is 6.29 Å². The molecule has 0 aliphatic carbocycles. The molecule has 88 valence electrons. The molecule has 0 bridgehead atoms. The van der Waals surface area contributed by atoms with Gasteiger partial charge in [-0.1, -0.05) is 15.9 Å². The number of aldehydes is 1. The van der Waals surface area contributed by atoms with Gasteiger partial charge in [0.2, 0.25) is 0 Å². The van der Waals surface area contributed by atoms with E-state index < -0.39 is 0 Å². The van der Waals surface area contributed by atoms with E-state index >= 15 is 0 Å². The predicted molar refractivity (Wildman–Crippen MR) is 66.4 cm³/mol. The van der Waals surface area contributed by atoms with E-state index in [1.54, 1.807) is 14.2 Å². The maximum atomic E-state index is 10.4. The standard InChI is InChI=1S/C12H15BrO3/c1-8-7-10(15-2)12(16-3)9(11(8)13)5-4-6-14/h6-7H,4-5H2,1-3H3. The molecule has 0 saturated carbocycles. The van der Waals surface area contributed by atoms with Crippen molar-refractivity contribution < 1.29 is 14.3 Å². The molecule has 0 radical (unpaired) electrons. The lowest BCUT2D eigenvalue weighted by molar-refractivity contribution is -0.107. The summed E-state index contributed by atoms with van der Waals surface area (Å²) in [6.45, 7) is 1.98. The molecular weight excluding hydrogens is 272 g/mol. The number of aryl methyl sites for hydroxylation is 1. The van der Waals surface area contributed by atoms with Crippen molar-refractivity contribution in [2.75, 3.05) is 14.2 Å². The third-order valence-corrected chi connectivity index (χ3v) is 3.50. The van der Waals surface area contributed by atoms with Crippen molar-refractivity contribution in [3.63, 3.8) is 0 Å². The second-order valence-corrected chi connectivity index (χ2v) is 4.22. The average molecular weight is 287 g/mol. The molecule has 0 atom stereocenters. The quantitative estimate of drug-likeness (QED) is 0.781. The van der Waals surface area contributed by atoms with Gasteiger partial charge < -0.3 is 14.3 Å². The van der Waals surface area contributed by atoms with Gasteiger partial charge in [-0.05, 0) is 25.0 Å². The molecule has 0 aliphatic rings. The first-order valence-corrected chi connectivity index (χ1v) is 5.78. The molecule has 0 aromatic heterocycles. The first-order chi connectivity index (χ1) is 7.65. The fourth-order valence-electron chi connectivity index (χ4n) is 1.61. The minimum absolute atomic E-state index is 0.474. The van der Waals surface area contributed by atoms with E-state index in [1.165, 1.54) is 0 Å². The number of hydrogen-bond acceptors (Lipinski definition) is 3. The van der Waals surface area contributed by atoms with Gasteiger partial charge in [-0.2, -0.15) is 0 Å². The van der Waals surface area contributed by atoms with Crippen LogP contribution in [0.4, 0.5) is 0 Å². The number of methoxy groups -OCH3 is 2. The molecule has 0 N–H and O–H groups in total. The van der Waals surface area contributed by atoms with E-state index in [0.717, 1.165) is 21.9 Å². The molecule has 1 aromatic rings. The van der Waals surface area contributed by atoms with Crippen LogP contribution in [0.15, 0.2) is 10.5 Å². The minimum Gasteiger partial charge on any atom is -0.493 e. The second-order valence-electron chi connectivity index (χ2n) is 3.43. The first-order valence-electron chi connectivity index (χ1n) is 4.99. The van der Waals surface area contributed by atoms with Gasteiger partial charge >= 0.3 is 0 Å². The highest BCUT2D eigenvalue weighted by molar-refractivity contribution is 9.10. The van der Waals surface area contributed by atoms with Gasteiger partial charge in [-0.15, -0.1) is 0 Å². The lowest BCUT2D eigenvalue weighted by atomic mass is 10.0. The highest BCUT2D eigenvalue weighted by Crippen LogP contribution is 2.39. The number of carbonyl (C=O) groups excluding carboxylic acids is 1. The topological polar surface area (TPSA) is 35.5 Å². The summed E-state index contributed by atoms with van der Waals surface area (Å²) in [6, 6.07) is 1.91. The molecular formula is C12H15BrO3. The van der Waals surface area contributed by atoms with Crippen molar-refractivity contribution in [3.8, 4) is 11.5 Å². The van der Waals surface area contributed by atoms with Crippen molar-refractivity contribution in [2.24, 2.45) is 0 Å². The number of carbonyl (C=O) groups is 1. The maximum Gasteiger partial charge on any atom is 0.165 e. The van der Waals surface area contributed by atoms with Crippen LogP contribution in [0.3, 0.4) is 0 Å². The van der Waals surface area contributed by atoms with Gasteiger partial charge in [0.25, 0.3) is 0 Å². The van der Waals surface area contributed by atoms with Crippen LogP contribution in [0.25, 0.3) is 0 Å². The molecule has 16 heavy (non-hydrogen) atoms. The van der Waals surface area contributed by atoms with E-state index in [9.17, 15) is 4.79 Å². The smallest absolute Gasteiger partial charge is 0.165 e. The van der Waals surface area contributed by atoms with Crippen molar-refractivity contribution in [1.29, 1.82) is 0 Å². The van der Waals surface area contributed by atoms with Crippen LogP contribution in [0.2, 0.25) is 0 Å². The normalized spacial score (nSPS) is 10.0. The molecule has 1 aromatic carbocycles. The lowest BCUT2D eigenvalue weighted by Crippen LogP contribution is -1.99. The Morgan fingerprint density at radius 1 is 1.38 bits per heavy atom. The van der Waals surface area contributed by atoms with Crippen LogP contribution >= 0.6 is 15.9 Å². The van der Waals surface area contributed by atoms with Crippen molar-refractivity contribution in [1.82, 2.24) is 0 Å². The Labute approximate surface area is 104 Å². The molecule has 0 fully saturated rings. The summed E-state index contributed by atoms with van der Waals surface area (Å²) in [7, 11) is 3.21. The molecule has 3 nitrogen and oxygen atoms in total. The van der Waals surface area contributed by atoms with Crippen molar-refractivity contribution >= 4 is 22.2 Å². The Bertz CT molecular complexity index is 388. The highest BCUT2D eigenvalue weighted by Gasteiger charge is 2.15. The third-order valence-electron chi connectivity index (χ3n) is 2.39. The molecule has 1 rings (SSSR count). The zero-order valence-electron chi connectivity index (χ0n) is 9.67. The second kappa shape index (κ2) is 5.89. The number of benzene rings is 1. The van der Waals surface area contributed by atoms with Crippen LogP contribution in [0, 0.1) is 6.92 Å². The fraction of sp³-hybridized carbons (Fsp3) is 0.417. The molecule has 0 unspecified atom stereocenters. The summed E-state index contributed by atoms with van der Waals surface area (Å²) in [4.78, 5) is 10.4. The summed E-state index contributed by atoms with van der Waals surface area (Å²) >= 11 is 3.51. The molecule has 4 heteroatoms. The van der Waals surface area contributed by atoms with E-state index in [0.29, 0.717) is 24.3 Å². The first kappa shape index (κ1) is 13.0. The van der Waals surface area contributed by atoms with Crippen LogP contribution in [-0.4, -0.2) is 20.5 Å². The zero-order valence-corrected chi connectivity index (χ0v) is 11.3. The highest BCUT2D eigenvalue weighted by atomic mass is 79.9. The Balaban J connectivity index is 3.28. The Hall–Kier alpha value is -1.03. The van der Waals surface area contributed by atoms with Gasteiger partial charge in [0.05, 0.1) is 14.2 Å². The number of hydrogen-bond donors (Lipinski definition) is 0. The van der Waals surface area contributed by atoms with Crippen LogP contribution in [0.1, 0.15) is 17.5 Å². The summed E-state index contributed by atoms with van der Waals surface area (Å²) in [5.74, 6) is 1.39. The molecule has 0 heterocycles. The molecule has 0 aliphatic heterocycles. The molecule has 0 spiro atoms. The summed E-state index contributed by atoms with van der Waals surface area (Å²) in [5.41, 5.74) is 2.05. The predicted octanol–water partition coefficient (Wildman–Crippen LogP) is 2.91. The number of rotatable bonds is 5. The van der Waals surface area contributed by atoms with Gasteiger partial charge in [-0.25, -0.2) is 0 Å². The Kier molecular flexibility index (Phi) is 4.80. The van der Waals surface area contributed by atoms with E-state index in [-0.39, 0.29) is 0 Å². The van der Waals surface area contributed by atoms with E-state index in [4.69, 9.17) is 9.47 Å². The van der Waals surface area contributed by atoms with E-state index in [1.807, 2.05) is 13.0 Å². The Morgan fingerprint density at radius 3 is 2.56 bits per heavy atom. The summed E-state index contributed by atoms with van der Waals surface area (Å²) in [5, 5.41) is 0. The monoisotopic (exact) mass is 286 g/mol.